The summed E-state index contributed by atoms with van der Waals surface area (Å²) < 4.78 is 8.32. The van der Waals surface area contributed by atoms with Crippen molar-refractivity contribution in [3.63, 3.8) is 0 Å². The Labute approximate surface area is 131 Å². The van der Waals surface area contributed by atoms with E-state index in [1.807, 2.05) is 25.1 Å². The molecule has 1 aromatic carbocycles. The topological polar surface area (TPSA) is 47.3 Å². The van der Waals surface area contributed by atoms with Crippen LogP contribution in [0.4, 0.5) is 0 Å². The lowest BCUT2D eigenvalue weighted by Crippen LogP contribution is -2.02. The van der Waals surface area contributed by atoms with Crippen LogP contribution >= 0.6 is 27.5 Å². The first-order valence-corrected chi connectivity index (χ1v) is 7.35. The summed E-state index contributed by atoms with van der Waals surface area (Å²) in [4.78, 5) is 0. The standard InChI is InChI=1S/C14H16BrClN2O2/c1-8-12(14(16)18(3)17-8)7-20-13-6-10(15)4-5-11(13)9(2)19/h4-6,9,19H,7H2,1-3H3/t9-/m0/s1. The third-order valence-corrected chi connectivity index (χ3v) is 4.03. The van der Waals surface area contributed by atoms with E-state index >= 15 is 0 Å². The second-order valence-electron chi connectivity index (χ2n) is 4.63. The predicted octanol–water partition coefficient (Wildman–Crippen LogP) is 3.78. The first-order chi connectivity index (χ1) is 9.40. The third kappa shape index (κ3) is 3.16. The second kappa shape index (κ2) is 6.16. The minimum atomic E-state index is -0.594. The monoisotopic (exact) mass is 358 g/mol. The lowest BCUT2D eigenvalue weighted by molar-refractivity contribution is 0.190. The second-order valence-corrected chi connectivity index (χ2v) is 5.90. The molecule has 1 N–H and O–H groups in total. The van der Waals surface area contributed by atoms with Gasteiger partial charge in [0.1, 0.15) is 17.5 Å². The Balaban J connectivity index is 2.24. The number of hydrogen-bond acceptors (Lipinski definition) is 3. The van der Waals surface area contributed by atoms with Gasteiger partial charge in [0.05, 0.1) is 11.8 Å². The molecule has 1 heterocycles. The van der Waals surface area contributed by atoms with E-state index in [2.05, 4.69) is 21.0 Å². The molecule has 4 nitrogen and oxygen atoms in total. The van der Waals surface area contributed by atoms with Crippen molar-refractivity contribution in [1.29, 1.82) is 0 Å². The van der Waals surface area contributed by atoms with Gasteiger partial charge in [-0.2, -0.15) is 5.10 Å². The highest BCUT2D eigenvalue weighted by atomic mass is 79.9. The number of aliphatic hydroxyl groups excluding tert-OH is 1. The maximum atomic E-state index is 9.77. The fourth-order valence-electron chi connectivity index (χ4n) is 1.97. The maximum absolute atomic E-state index is 9.77. The molecule has 0 aliphatic rings. The molecule has 0 unspecified atom stereocenters. The van der Waals surface area contributed by atoms with Crippen LogP contribution in [0.15, 0.2) is 22.7 Å². The van der Waals surface area contributed by atoms with Gasteiger partial charge < -0.3 is 9.84 Å². The van der Waals surface area contributed by atoms with Gasteiger partial charge in [0.15, 0.2) is 0 Å². The number of benzene rings is 1. The van der Waals surface area contributed by atoms with E-state index in [4.69, 9.17) is 16.3 Å². The van der Waals surface area contributed by atoms with Gasteiger partial charge in [-0.25, -0.2) is 0 Å². The Kier molecular flexibility index (Phi) is 4.73. The Morgan fingerprint density at radius 1 is 1.50 bits per heavy atom. The van der Waals surface area contributed by atoms with E-state index in [9.17, 15) is 5.11 Å². The molecule has 20 heavy (non-hydrogen) atoms. The molecule has 0 radical (unpaired) electrons. The van der Waals surface area contributed by atoms with Gasteiger partial charge in [0, 0.05) is 22.6 Å². The molecular formula is C14H16BrClN2O2. The van der Waals surface area contributed by atoms with E-state index < -0.39 is 6.10 Å². The summed E-state index contributed by atoms with van der Waals surface area (Å²) in [5, 5.41) is 14.6. The Morgan fingerprint density at radius 2 is 2.20 bits per heavy atom. The van der Waals surface area contributed by atoms with Crippen LogP contribution in [-0.4, -0.2) is 14.9 Å². The van der Waals surface area contributed by atoms with Crippen LogP contribution in [0.2, 0.25) is 5.15 Å². The zero-order valence-electron chi connectivity index (χ0n) is 11.5. The van der Waals surface area contributed by atoms with Crippen LogP contribution in [0.5, 0.6) is 5.75 Å². The molecular weight excluding hydrogens is 344 g/mol. The van der Waals surface area contributed by atoms with Crippen molar-refractivity contribution >= 4 is 27.5 Å². The van der Waals surface area contributed by atoms with Crippen LogP contribution in [0.3, 0.4) is 0 Å². The number of aliphatic hydroxyl groups is 1. The summed E-state index contributed by atoms with van der Waals surface area (Å²) in [7, 11) is 1.79. The van der Waals surface area contributed by atoms with Gasteiger partial charge in [0.2, 0.25) is 0 Å². The van der Waals surface area contributed by atoms with Gasteiger partial charge in [-0.15, -0.1) is 0 Å². The van der Waals surface area contributed by atoms with Crippen LogP contribution in [-0.2, 0) is 13.7 Å². The molecule has 1 atom stereocenters. The Hall–Kier alpha value is -1.04. The number of nitrogens with zero attached hydrogens (tertiary/aromatic N) is 2. The van der Waals surface area contributed by atoms with Crippen molar-refractivity contribution in [2.45, 2.75) is 26.6 Å². The first-order valence-electron chi connectivity index (χ1n) is 6.18. The lowest BCUT2D eigenvalue weighted by Gasteiger charge is -2.14. The minimum Gasteiger partial charge on any atom is -0.488 e. The van der Waals surface area contributed by atoms with Gasteiger partial charge >= 0.3 is 0 Å². The number of aromatic nitrogens is 2. The fourth-order valence-corrected chi connectivity index (χ4v) is 2.54. The highest BCUT2D eigenvalue weighted by Crippen LogP contribution is 2.30. The van der Waals surface area contributed by atoms with Gasteiger partial charge in [-0.3, -0.25) is 4.68 Å². The number of hydrogen-bond donors (Lipinski definition) is 1. The average Bonchev–Trinajstić information content (AvgIpc) is 2.61. The third-order valence-electron chi connectivity index (χ3n) is 3.07. The number of aryl methyl sites for hydroxylation is 2. The normalized spacial score (nSPS) is 12.5. The van der Waals surface area contributed by atoms with Gasteiger partial charge in [-0.1, -0.05) is 33.6 Å². The van der Waals surface area contributed by atoms with Crippen molar-refractivity contribution in [2.75, 3.05) is 0 Å². The highest BCUT2D eigenvalue weighted by Gasteiger charge is 2.14. The van der Waals surface area contributed by atoms with Crippen LogP contribution in [0, 0.1) is 6.92 Å². The molecule has 1 aromatic heterocycles. The molecule has 2 rings (SSSR count). The van der Waals surface area contributed by atoms with E-state index in [0.717, 1.165) is 21.3 Å². The van der Waals surface area contributed by atoms with Crippen molar-refractivity contribution in [3.05, 3.63) is 44.6 Å². The van der Waals surface area contributed by atoms with E-state index in [0.29, 0.717) is 17.5 Å². The number of ether oxygens (including phenoxy) is 1. The Morgan fingerprint density at radius 3 is 2.75 bits per heavy atom. The minimum absolute atomic E-state index is 0.314. The van der Waals surface area contributed by atoms with E-state index in [1.165, 1.54) is 0 Å². The highest BCUT2D eigenvalue weighted by molar-refractivity contribution is 9.10. The maximum Gasteiger partial charge on any atom is 0.133 e. The smallest absolute Gasteiger partial charge is 0.133 e. The zero-order valence-corrected chi connectivity index (χ0v) is 13.9. The molecule has 0 aliphatic carbocycles. The van der Waals surface area contributed by atoms with Crippen molar-refractivity contribution in [2.24, 2.45) is 7.05 Å². The quantitative estimate of drug-likeness (QED) is 0.904. The van der Waals surface area contributed by atoms with Gasteiger partial charge in [-0.05, 0) is 26.0 Å². The summed E-state index contributed by atoms with van der Waals surface area (Å²) in [5.41, 5.74) is 2.43. The summed E-state index contributed by atoms with van der Waals surface area (Å²) in [6.45, 7) is 3.91. The average molecular weight is 360 g/mol. The molecule has 108 valence electrons. The molecule has 0 spiro atoms. The molecule has 0 bridgehead atoms. The molecule has 0 fully saturated rings. The summed E-state index contributed by atoms with van der Waals surface area (Å²) in [5.74, 6) is 0.633. The van der Waals surface area contributed by atoms with E-state index in [1.54, 1.807) is 18.7 Å². The Bertz CT molecular complexity index is 626. The van der Waals surface area contributed by atoms with Crippen LogP contribution < -0.4 is 4.74 Å². The fraction of sp³-hybridized carbons (Fsp3) is 0.357. The molecule has 0 amide bonds. The molecule has 0 aliphatic heterocycles. The molecule has 0 saturated heterocycles. The summed E-state index contributed by atoms with van der Waals surface area (Å²) in [6.07, 6.45) is -0.594. The number of halogens is 2. The summed E-state index contributed by atoms with van der Waals surface area (Å²) in [6, 6.07) is 5.54. The van der Waals surface area contributed by atoms with Crippen LogP contribution in [0.1, 0.15) is 29.8 Å². The first kappa shape index (κ1) is 15.4. The lowest BCUT2D eigenvalue weighted by atomic mass is 10.1. The predicted molar refractivity (Wildman–Crippen MR) is 82.1 cm³/mol. The molecule has 0 saturated carbocycles. The van der Waals surface area contributed by atoms with Crippen LogP contribution in [0.25, 0.3) is 0 Å². The van der Waals surface area contributed by atoms with Crippen molar-refractivity contribution in [1.82, 2.24) is 9.78 Å². The molecule has 6 heteroatoms. The van der Waals surface area contributed by atoms with Gasteiger partial charge in [0.25, 0.3) is 0 Å². The SMILES string of the molecule is Cc1nn(C)c(Cl)c1COc1cc(Br)ccc1[C@H](C)O. The zero-order chi connectivity index (χ0) is 14.9. The molecule has 2 aromatic rings. The summed E-state index contributed by atoms with van der Waals surface area (Å²) >= 11 is 9.58. The number of rotatable bonds is 4. The van der Waals surface area contributed by atoms with Crippen molar-refractivity contribution < 1.29 is 9.84 Å². The van der Waals surface area contributed by atoms with Crippen molar-refractivity contribution in [3.8, 4) is 5.75 Å². The van der Waals surface area contributed by atoms with E-state index in [-0.39, 0.29) is 0 Å². The largest absolute Gasteiger partial charge is 0.488 e.